The van der Waals surface area contributed by atoms with Crippen LogP contribution in [0.2, 0.25) is 0 Å². The summed E-state index contributed by atoms with van der Waals surface area (Å²) in [4.78, 5) is 2.08. The van der Waals surface area contributed by atoms with E-state index >= 15 is 0 Å². The van der Waals surface area contributed by atoms with E-state index in [1.165, 1.54) is 25.7 Å². The van der Waals surface area contributed by atoms with Gasteiger partial charge in [0, 0.05) is 19.1 Å². The summed E-state index contributed by atoms with van der Waals surface area (Å²) in [7, 11) is 0. The fraction of sp³-hybridized carbons (Fsp3) is 0.833. The number of thiocarbonyl (C=S) groups is 1. The second-order valence-electron chi connectivity index (χ2n) is 4.50. The summed E-state index contributed by atoms with van der Waals surface area (Å²) in [6, 6.07) is 2.80. The summed E-state index contributed by atoms with van der Waals surface area (Å²) >= 11 is 5.38. The number of hydrogen-bond donors (Lipinski definition) is 1. The maximum Gasteiger partial charge on any atom is 0.169 e. The van der Waals surface area contributed by atoms with Crippen LogP contribution in [-0.2, 0) is 0 Å². The Morgan fingerprint density at radius 2 is 2.19 bits per heavy atom. The molecule has 0 spiro atoms. The first-order chi connectivity index (χ1) is 7.67. The molecular weight excluding hydrogens is 218 g/mol. The van der Waals surface area contributed by atoms with Crippen molar-refractivity contribution in [3.8, 4) is 6.07 Å². The van der Waals surface area contributed by atoms with Gasteiger partial charge in [-0.25, -0.2) is 0 Å². The highest BCUT2D eigenvalue weighted by atomic mass is 32.1. The van der Waals surface area contributed by atoms with Gasteiger partial charge in [0.25, 0.3) is 0 Å². The molecule has 1 aliphatic carbocycles. The summed E-state index contributed by atoms with van der Waals surface area (Å²) in [5.74, 6) is 0.0308. The Morgan fingerprint density at radius 3 is 2.69 bits per heavy atom. The summed E-state index contributed by atoms with van der Waals surface area (Å²) in [5.41, 5.74) is 0. The minimum atomic E-state index is 0.0308. The van der Waals surface area contributed by atoms with Crippen molar-refractivity contribution in [1.82, 2.24) is 10.2 Å². The summed E-state index contributed by atoms with van der Waals surface area (Å²) in [5, 5.41) is 13.0. The van der Waals surface area contributed by atoms with Gasteiger partial charge >= 0.3 is 0 Å². The average molecular weight is 239 g/mol. The topological polar surface area (TPSA) is 39.1 Å². The monoisotopic (exact) mass is 239 g/mol. The van der Waals surface area contributed by atoms with Gasteiger partial charge in [-0.3, -0.25) is 0 Å². The van der Waals surface area contributed by atoms with Crippen molar-refractivity contribution < 1.29 is 0 Å². The van der Waals surface area contributed by atoms with Gasteiger partial charge < -0.3 is 10.2 Å². The Balaban J connectivity index is 2.39. The predicted molar refractivity (Wildman–Crippen MR) is 70.0 cm³/mol. The van der Waals surface area contributed by atoms with Crippen LogP contribution in [0, 0.1) is 17.2 Å². The highest BCUT2D eigenvalue weighted by molar-refractivity contribution is 7.80. The van der Waals surface area contributed by atoms with Crippen LogP contribution >= 0.6 is 12.2 Å². The van der Waals surface area contributed by atoms with Crippen LogP contribution in [0.1, 0.15) is 39.5 Å². The van der Waals surface area contributed by atoms with E-state index in [2.05, 4.69) is 23.2 Å². The number of nitriles is 1. The summed E-state index contributed by atoms with van der Waals surface area (Å²) in [6.45, 7) is 5.60. The first kappa shape index (κ1) is 13.2. The molecule has 1 N–H and O–H groups in total. The van der Waals surface area contributed by atoms with Crippen LogP contribution in [-0.4, -0.2) is 29.1 Å². The summed E-state index contributed by atoms with van der Waals surface area (Å²) < 4.78 is 0. The molecule has 0 aromatic heterocycles. The van der Waals surface area contributed by atoms with Gasteiger partial charge in [0.05, 0.1) is 12.0 Å². The number of hydrogen-bond acceptors (Lipinski definition) is 2. The third-order valence-electron chi connectivity index (χ3n) is 3.07. The van der Waals surface area contributed by atoms with Crippen molar-refractivity contribution in [2.45, 2.75) is 45.6 Å². The van der Waals surface area contributed by atoms with Crippen LogP contribution in [0.3, 0.4) is 0 Å². The highest BCUT2D eigenvalue weighted by Crippen LogP contribution is 2.17. The van der Waals surface area contributed by atoms with Gasteiger partial charge in [-0.05, 0) is 38.9 Å². The Bertz CT molecular complexity index is 266. The van der Waals surface area contributed by atoms with Crippen LogP contribution < -0.4 is 5.32 Å². The molecule has 90 valence electrons. The van der Waals surface area contributed by atoms with Crippen LogP contribution in [0.5, 0.6) is 0 Å². The normalized spacial score (nSPS) is 17.8. The lowest BCUT2D eigenvalue weighted by Crippen LogP contribution is -2.45. The second kappa shape index (κ2) is 6.70. The van der Waals surface area contributed by atoms with Gasteiger partial charge in [0.1, 0.15) is 0 Å². The van der Waals surface area contributed by atoms with Crippen LogP contribution in [0.25, 0.3) is 0 Å². The van der Waals surface area contributed by atoms with E-state index in [9.17, 15) is 0 Å². The van der Waals surface area contributed by atoms with Gasteiger partial charge in [0.2, 0.25) is 0 Å². The first-order valence-electron chi connectivity index (χ1n) is 6.12. The maximum absolute atomic E-state index is 8.80. The minimum Gasteiger partial charge on any atom is -0.360 e. The Labute approximate surface area is 104 Å². The van der Waals surface area contributed by atoms with E-state index in [-0.39, 0.29) is 5.92 Å². The standard InChI is InChI=1S/C12H21N3S/c1-3-15(9-10(2)8-13)12(16)14-11-6-4-5-7-11/h10-11H,3-7,9H2,1-2H3,(H,14,16). The first-order valence-corrected chi connectivity index (χ1v) is 6.53. The molecule has 0 aromatic carbocycles. The molecule has 1 unspecified atom stereocenters. The van der Waals surface area contributed by atoms with E-state index in [1.54, 1.807) is 0 Å². The predicted octanol–water partition coefficient (Wildman–Crippen LogP) is 2.29. The van der Waals surface area contributed by atoms with Crippen molar-refractivity contribution in [3.05, 3.63) is 0 Å². The van der Waals surface area contributed by atoms with Crippen molar-refractivity contribution in [3.63, 3.8) is 0 Å². The van der Waals surface area contributed by atoms with Gasteiger partial charge in [-0.2, -0.15) is 5.26 Å². The molecular formula is C12H21N3S. The van der Waals surface area contributed by atoms with Crippen LogP contribution in [0.4, 0.5) is 0 Å². The Kier molecular flexibility index (Phi) is 5.54. The third kappa shape index (κ3) is 3.97. The van der Waals surface area contributed by atoms with E-state index in [0.717, 1.165) is 18.2 Å². The molecule has 1 aliphatic rings. The zero-order chi connectivity index (χ0) is 12.0. The lowest BCUT2D eigenvalue weighted by molar-refractivity contribution is 0.390. The number of rotatable bonds is 4. The van der Waals surface area contributed by atoms with Crippen LogP contribution in [0.15, 0.2) is 0 Å². The molecule has 0 aliphatic heterocycles. The molecule has 1 saturated carbocycles. The SMILES string of the molecule is CCN(CC(C)C#N)C(=S)NC1CCCC1. The highest BCUT2D eigenvalue weighted by Gasteiger charge is 2.18. The maximum atomic E-state index is 8.80. The van der Waals surface area contributed by atoms with Gasteiger partial charge in [-0.15, -0.1) is 0 Å². The minimum absolute atomic E-state index is 0.0308. The van der Waals surface area contributed by atoms with E-state index in [0.29, 0.717) is 6.04 Å². The number of nitrogens with zero attached hydrogens (tertiary/aromatic N) is 2. The second-order valence-corrected chi connectivity index (χ2v) is 4.89. The van der Waals surface area contributed by atoms with E-state index in [4.69, 9.17) is 17.5 Å². The van der Waals surface area contributed by atoms with Gasteiger partial charge in [-0.1, -0.05) is 12.8 Å². The van der Waals surface area contributed by atoms with Crippen molar-refractivity contribution in [2.24, 2.45) is 5.92 Å². The summed E-state index contributed by atoms with van der Waals surface area (Å²) in [6.07, 6.45) is 5.07. The molecule has 0 saturated heterocycles. The van der Waals surface area contributed by atoms with Crippen molar-refractivity contribution in [2.75, 3.05) is 13.1 Å². The molecule has 0 aromatic rings. The lowest BCUT2D eigenvalue weighted by atomic mass is 10.2. The fourth-order valence-electron chi connectivity index (χ4n) is 2.06. The molecule has 3 nitrogen and oxygen atoms in total. The molecule has 0 bridgehead atoms. The molecule has 0 radical (unpaired) electrons. The molecule has 1 atom stereocenters. The molecule has 0 heterocycles. The molecule has 16 heavy (non-hydrogen) atoms. The number of nitrogens with one attached hydrogen (secondary N) is 1. The molecule has 0 amide bonds. The zero-order valence-electron chi connectivity index (χ0n) is 10.2. The largest absolute Gasteiger partial charge is 0.360 e. The van der Waals surface area contributed by atoms with E-state index < -0.39 is 0 Å². The quantitative estimate of drug-likeness (QED) is 0.764. The fourth-order valence-corrected chi connectivity index (χ4v) is 2.43. The smallest absolute Gasteiger partial charge is 0.169 e. The molecule has 1 fully saturated rings. The Hall–Kier alpha value is -0.820. The Morgan fingerprint density at radius 1 is 1.56 bits per heavy atom. The average Bonchev–Trinajstić information content (AvgIpc) is 2.77. The van der Waals surface area contributed by atoms with Crippen molar-refractivity contribution in [1.29, 1.82) is 5.26 Å². The van der Waals surface area contributed by atoms with E-state index in [1.807, 2.05) is 6.92 Å². The van der Waals surface area contributed by atoms with Gasteiger partial charge in [0.15, 0.2) is 5.11 Å². The molecule has 4 heteroatoms. The van der Waals surface area contributed by atoms with Crippen molar-refractivity contribution >= 4 is 17.3 Å². The molecule has 1 rings (SSSR count). The lowest BCUT2D eigenvalue weighted by Gasteiger charge is -2.27. The third-order valence-corrected chi connectivity index (χ3v) is 3.44. The zero-order valence-corrected chi connectivity index (χ0v) is 11.0.